The van der Waals surface area contributed by atoms with Gasteiger partial charge in [0.15, 0.2) is 0 Å². The number of hydrogen-bond donors (Lipinski definition) is 3. The molecule has 0 saturated carbocycles. The summed E-state index contributed by atoms with van der Waals surface area (Å²) in [6.07, 6.45) is 1.29. The van der Waals surface area contributed by atoms with Gasteiger partial charge in [0.25, 0.3) is 5.91 Å². The molecule has 23 heavy (non-hydrogen) atoms. The van der Waals surface area contributed by atoms with Gasteiger partial charge < -0.3 is 10.6 Å². The van der Waals surface area contributed by atoms with E-state index in [1.807, 2.05) is 0 Å². The van der Waals surface area contributed by atoms with E-state index in [2.05, 4.69) is 10.9 Å². The number of carbonyl (C=O) groups is 3. The number of hydrazine groups is 1. The summed E-state index contributed by atoms with van der Waals surface area (Å²) in [4.78, 5) is 36.7. The van der Waals surface area contributed by atoms with Crippen molar-refractivity contribution in [2.45, 2.75) is 12.8 Å². The fraction of sp³-hybridized carbons (Fsp3) is 0.357. The number of hydrogen-bond acceptors (Lipinski definition) is 3. The monoisotopic (exact) mass is 358 g/mol. The maximum absolute atomic E-state index is 12.1. The van der Waals surface area contributed by atoms with Crippen molar-refractivity contribution in [2.24, 2.45) is 11.7 Å². The molecule has 0 spiro atoms. The first-order valence-electron chi connectivity index (χ1n) is 6.98. The molecule has 1 atom stereocenters. The highest BCUT2D eigenvalue weighted by Gasteiger charge is 2.27. The van der Waals surface area contributed by atoms with E-state index in [1.54, 1.807) is 6.07 Å². The number of urea groups is 1. The molecule has 124 valence electrons. The standard InChI is InChI=1S/C14H16Cl2N4O3/c15-9-3-4-11(16)10(6-9)13(22)19-18-12(21)8-2-1-5-20(7-8)14(17)23/h3-4,6,8H,1-2,5,7H2,(H2,17,23)(H,18,21)(H,19,22)/t8-/m1/s1. The molecule has 7 nitrogen and oxygen atoms in total. The van der Waals surface area contributed by atoms with E-state index in [1.165, 1.54) is 17.0 Å². The SMILES string of the molecule is NC(=O)N1CCC[C@@H](C(=O)NNC(=O)c2cc(Cl)ccc2Cl)C1. The molecule has 0 aromatic heterocycles. The lowest BCUT2D eigenvalue weighted by molar-refractivity contribution is -0.127. The Kier molecular flexibility index (Phi) is 5.68. The largest absolute Gasteiger partial charge is 0.351 e. The van der Waals surface area contributed by atoms with Gasteiger partial charge >= 0.3 is 6.03 Å². The van der Waals surface area contributed by atoms with Crippen molar-refractivity contribution >= 4 is 41.0 Å². The molecule has 9 heteroatoms. The lowest BCUT2D eigenvalue weighted by atomic mass is 9.98. The number of amides is 4. The molecular formula is C14H16Cl2N4O3. The minimum atomic E-state index is -0.576. The molecule has 2 rings (SSSR count). The average Bonchev–Trinajstić information content (AvgIpc) is 2.54. The van der Waals surface area contributed by atoms with Crippen molar-refractivity contribution in [3.63, 3.8) is 0 Å². The van der Waals surface area contributed by atoms with Crippen molar-refractivity contribution in [3.8, 4) is 0 Å². The number of piperidine rings is 1. The Hall–Kier alpha value is -1.99. The van der Waals surface area contributed by atoms with Crippen LogP contribution in [-0.4, -0.2) is 35.8 Å². The summed E-state index contributed by atoms with van der Waals surface area (Å²) in [5, 5.41) is 0.578. The fourth-order valence-corrected chi connectivity index (χ4v) is 2.73. The quantitative estimate of drug-likeness (QED) is 0.698. The smallest absolute Gasteiger partial charge is 0.314 e. The first-order chi connectivity index (χ1) is 10.9. The van der Waals surface area contributed by atoms with E-state index in [0.717, 1.165) is 0 Å². The predicted octanol–water partition coefficient (Wildman–Crippen LogP) is 1.55. The lowest BCUT2D eigenvalue weighted by Gasteiger charge is -2.30. The van der Waals surface area contributed by atoms with E-state index >= 15 is 0 Å². The zero-order valence-electron chi connectivity index (χ0n) is 12.1. The zero-order valence-corrected chi connectivity index (χ0v) is 13.7. The van der Waals surface area contributed by atoms with Crippen LogP contribution in [0.1, 0.15) is 23.2 Å². The second-order valence-corrected chi connectivity index (χ2v) is 6.03. The fourth-order valence-electron chi connectivity index (χ4n) is 2.35. The third-order valence-corrected chi connectivity index (χ3v) is 4.14. The number of nitrogens with zero attached hydrogens (tertiary/aromatic N) is 1. The molecule has 0 radical (unpaired) electrons. The van der Waals surface area contributed by atoms with Gasteiger partial charge in [-0.3, -0.25) is 20.4 Å². The highest BCUT2D eigenvalue weighted by atomic mass is 35.5. The van der Waals surface area contributed by atoms with E-state index in [4.69, 9.17) is 28.9 Å². The molecule has 4 N–H and O–H groups in total. The summed E-state index contributed by atoms with van der Waals surface area (Å²) >= 11 is 11.7. The van der Waals surface area contributed by atoms with Crippen LogP contribution >= 0.6 is 23.2 Å². The van der Waals surface area contributed by atoms with E-state index in [-0.39, 0.29) is 23.0 Å². The molecule has 1 fully saturated rings. The molecule has 0 aliphatic carbocycles. The second-order valence-electron chi connectivity index (χ2n) is 5.19. The number of nitrogens with two attached hydrogens (primary N) is 1. The van der Waals surface area contributed by atoms with Crippen LogP contribution in [0, 0.1) is 5.92 Å². The van der Waals surface area contributed by atoms with Gasteiger partial charge in [-0.2, -0.15) is 0 Å². The van der Waals surface area contributed by atoms with Crippen LogP contribution in [0.15, 0.2) is 18.2 Å². The van der Waals surface area contributed by atoms with Crippen LogP contribution in [0.4, 0.5) is 4.79 Å². The number of likely N-dealkylation sites (tertiary alicyclic amines) is 1. The Morgan fingerprint density at radius 3 is 2.65 bits per heavy atom. The molecule has 1 aromatic rings. The summed E-state index contributed by atoms with van der Waals surface area (Å²) in [7, 11) is 0. The molecule has 0 bridgehead atoms. The Labute approximate surface area is 143 Å². The van der Waals surface area contributed by atoms with Crippen molar-refractivity contribution in [1.29, 1.82) is 0 Å². The predicted molar refractivity (Wildman–Crippen MR) is 86.0 cm³/mol. The van der Waals surface area contributed by atoms with Crippen LogP contribution in [0.3, 0.4) is 0 Å². The Morgan fingerprint density at radius 1 is 1.22 bits per heavy atom. The van der Waals surface area contributed by atoms with Gasteiger partial charge in [0.1, 0.15) is 0 Å². The molecular weight excluding hydrogens is 343 g/mol. The third kappa shape index (κ3) is 4.49. The highest BCUT2D eigenvalue weighted by molar-refractivity contribution is 6.35. The summed E-state index contributed by atoms with van der Waals surface area (Å²) in [5.41, 5.74) is 10.0. The molecule has 1 heterocycles. The summed E-state index contributed by atoms with van der Waals surface area (Å²) in [5.74, 6) is -1.39. The summed E-state index contributed by atoms with van der Waals surface area (Å²) < 4.78 is 0. The number of rotatable bonds is 2. The van der Waals surface area contributed by atoms with Gasteiger partial charge in [-0.05, 0) is 31.0 Å². The van der Waals surface area contributed by atoms with Gasteiger partial charge in [0.05, 0.1) is 16.5 Å². The van der Waals surface area contributed by atoms with Crippen molar-refractivity contribution in [1.82, 2.24) is 15.8 Å². The second kappa shape index (κ2) is 7.52. The molecule has 4 amide bonds. The van der Waals surface area contributed by atoms with Crippen molar-refractivity contribution in [2.75, 3.05) is 13.1 Å². The lowest BCUT2D eigenvalue weighted by Crippen LogP contribution is -2.51. The Balaban J connectivity index is 1.92. The topological polar surface area (TPSA) is 105 Å². The van der Waals surface area contributed by atoms with E-state index < -0.39 is 17.9 Å². The van der Waals surface area contributed by atoms with Gasteiger partial charge in [-0.1, -0.05) is 23.2 Å². The number of primary amides is 1. The summed E-state index contributed by atoms with van der Waals surface area (Å²) in [6.45, 7) is 0.762. The van der Waals surface area contributed by atoms with Crippen molar-refractivity contribution in [3.05, 3.63) is 33.8 Å². The number of benzene rings is 1. The maximum Gasteiger partial charge on any atom is 0.314 e. The van der Waals surface area contributed by atoms with Gasteiger partial charge in [-0.25, -0.2) is 4.79 Å². The number of halogens is 2. The van der Waals surface area contributed by atoms with Crippen molar-refractivity contribution < 1.29 is 14.4 Å². The molecule has 1 aromatic carbocycles. The van der Waals surface area contributed by atoms with E-state index in [0.29, 0.717) is 24.4 Å². The minimum absolute atomic E-state index is 0.155. The molecule has 1 aliphatic heterocycles. The highest BCUT2D eigenvalue weighted by Crippen LogP contribution is 2.20. The third-order valence-electron chi connectivity index (χ3n) is 3.58. The maximum atomic E-state index is 12.1. The van der Waals surface area contributed by atoms with Crippen LogP contribution in [0.25, 0.3) is 0 Å². The Morgan fingerprint density at radius 2 is 1.96 bits per heavy atom. The number of carbonyl (C=O) groups excluding carboxylic acids is 3. The average molecular weight is 359 g/mol. The molecule has 1 aliphatic rings. The normalized spacial score (nSPS) is 17.5. The molecule has 1 saturated heterocycles. The first-order valence-corrected chi connectivity index (χ1v) is 7.73. The zero-order chi connectivity index (χ0) is 17.0. The number of nitrogens with one attached hydrogen (secondary N) is 2. The molecule has 0 unspecified atom stereocenters. The van der Waals surface area contributed by atoms with Gasteiger partial charge in [0, 0.05) is 18.1 Å². The van der Waals surface area contributed by atoms with Crippen LogP contribution in [-0.2, 0) is 4.79 Å². The summed E-state index contributed by atoms with van der Waals surface area (Å²) in [6, 6.07) is 3.89. The Bertz CT molecular complexity index is 638. The first kappa shape index (κ1) is 17.4. The van der Waals surface area contributed by atoms with Crippen LogP contribution in [0.2, 0.25) is 10.0 Å². The van der Waals surface area contributed by atoms with Crippen LogP contribution in [0.5, 0.6) is 0 Å². The van der Waals surface area contributed by atoms with Gasteiger partial charge in [-0.15, -0.1) is 0 Å². The van der Waals surface area contributed by atoms with Crippen LogP contribution < -0.4 is 16.6 Å². The minimum Gasteiger partial charge on any atom is -0.351 e. The van der Waals surface area contributed by atoms with E-state index in [9.17, 15) is 14.4 Å². The van der Waals surface area contributed by atoms with Gasteiger partial charge in [0.2, 0.25) is 5.91 Å².